The van der Waals surface area contributed by atoms with Crippen molar-refractivity contribution in [3.8, 4) is 0 Å². The molecule has 0 spiro atoms. The summed E-state index contributed by atoms with van der Waals surface area (Å²) in [6, 6.07) is 2.92. The molecular weight excluding hydrogens is 337 g/mol. The van der Waals surface area contributed by atoms with Gasteiger partial charge in [-0.1, -0.05) is 11.6 Å². The lowest BCUT2D eigenvalue weighted by Crippen LogP contribution is -2.11. The number of amides is 1. The van der Waals surface area contributed by atoms with Crippen LogP contribution in [0, 0.1) is 11.7 Å². The summed E-state index contributed by atoms with van der Waals surface area (Å²) in [5, 5.41) is 5.77. The van der Waals surface area contributed by atoms with Crippen LogP contribution in [0.5, 0.6) is 0 Å². The van der Waals surface area contributed by atoms with Crippen molar-refractivity contribution in [2.45, 2.75) is 19.4 Å². The molecule has 1 aliphatic rings. The fourth-order valence-corrected chi connectivity index (χ4v) is 3.33. The van der Waals surface area contributed by atoms with Crippen LogP contribution in [0.25, 0.3) is 10.9 Å². The third-order valence-electron chi connectivity index (χ3n) is 3.97. The first kappa shape index (κ1) is 14.7. The van der Waals surface area contributed by atoms with Gasteiger partial charge in [-0.25, -0.2) is 9.37 Å². The molecule has 4 nitrogen and oxygen atoms in total. The van der Waals surface area contributed by atoms with Gasteiger partial charge in [-0.05, 0) is 30.9 Å². The number of carbonyl (C=O) groups excluding carboxylic acids is 1. The van der Waals surface area contributed by atoms with Crippen molar-refractivity contribution in [1.82, 2.24) is 9.55 Å². The summed E-state index contributed by atoms with van der Waals surface area (Å²) in [6.07, 6.45) is 5.76. The molecule has 0 aliphatic heterocycles. The molecular formula is C16H13ClFN3OS. The average Bonchev–Trinajstić information content (AvgIpc) is 3.07. The first-order valence-corrected chi connectivity index (χ1v) is 8.56. The zero-order chi connectivity index (χ0) is 16.0. The van der Waals surface area contributed by atoms with Crippen molar-refractivity contribution >= 4 is 44.9 Å². The molecule has 3 aromatic rings. The Kier molecular flexibility index (Phi) is 3.58. The van der Waals surface area contributed by atoms with Crippen molar-refractivity contribution in [2.75, 3.05) is 5.32 Å². The van der Waals surface area contributed by atoms with E-state index in [1.54, 1.807) is 17.8 Å². The minimum Gasteiger partial charge on any atom is -0.346 e. The van der Waals surface area contributed by atoms with Gasteiger partial charge in [0.25, 0.3) is 5.91 Å². The second-order valence-electron chi connectivity index (χ2n) is 5.71. The maximum atomic E-state index is 13.8. The number of aromatic nitrogens is 2. The van der Waals surface area contributed by atoms with Crippen LogP contribution in [0.3, 0.4) is 0 Å². The van der Waals surface area contributed by atoms with Gasteiger partial charge in [-0.3, -0.25) is 10.1 Å². The molecule has 0 unspecified atom stereocenters. The number of fused-ring (bicyclic) bond motifs is 1. The molecule has 0 radical (unpaired) electrons. The molecule has 4 rings (SSSR count). The van der Waals surface area contributed by atoms with Gasteiger partial charge < -0.3 is 4.57 Å². The van der Waals surface area contributed by atoms with Crippen LogP contribution in [-0.2, 0) is 6.54 Å². The van der Waals surface area contributed by atoms with Crippen LogP contribution in [0.15, 0.2) is 29.9 Å². The number of hydrogen-bond donors (Lipinski definition) is 1. The summed E-state index contributed by atoms with van der Waals surface area (Å²) in [4.78, 5) is 16.6. The summed E-state index contributed by atoms with van der Waals surface area (Å²) in [5.41, 5.74) is 1.18. The van der Waals surface area contributed by atoms with Gasteiger partial charge in [-0.2, -0.15) is 0 Å². The lowest BCUT2D eigenvalue weighted by Gasteiger charge is -2.04. The number of carbonyl (C=O) groups is 1. The molecule has 0 bridgehead atoms. The van der Waals surface area contributed by atoms with Crippen LogP contribution in [0.1, 0.15) is 23.2 Å². The van der Waals surface area contributed by atoms with Crippen LogP contribution in [-0.4, -0.2) is 15.5 Å². The molecule has 1 fully saturated rings. The minimum atomic E-state index is -0.471. The number of hydrogen-bond acceptors (Lipinski definition) is 3. The number of nitrogens with zero attached hydrogens (tertiary/aromatic N) is 2. The number of rotatable bonds is 4. The van der Waals surface area contributed by atoms with Gasteiger partial charge in [0, 0.05) is 29.7 Å². The topological polar surface area (TPSA) is 46.9 Å². The highest BCUT2D eigenvalue weighted by Gasteiger charge is 2.24. The van der Waals surface area contributed by atoms with Gasteiger partial charge in [0.05, 0.1) is 16.1 Å². The number of anilines is 1. The van der Waals surface area contributed by atoms with E-state index in [1.807, 2.05) is 4.57 Å². The molecule has 1 N–H and O–H groups in total. The molecule has 2 heterocycles. The second-order valence-corrected chi connectivity index (χ2v) is 7.02. The van der Waals surface area contributed by atoms with Gasteiger partial charge >= 0.3 is 0 Å². The van der Waals surface area contributed by atoms with Crippen LogP contribution < -0.4 is 5.32 Å². The number of benzene rings is 1. The number of halogens is 2. The zero-order valence-electron chi connectivity index (χ0n) is 12.1. The Bertz CT molecular complexity index is 887. The van der Waals surface area contributed by atoms with E-state index in [1.165, 1.54) is 36.3 Å². The summed E-state index contributed by atoms with van der Waals surface area (Å²) in [7, 11) is 0. The molecule has 0 atom stereocenters. The van der Waals surface area contributed by atoms with Crippen LogP contribution in [0.2, 0.25) is 5.02 Å². The van der Waals surface area contributed by atoms with E-state index in [4.69, 9.17) is 11.6 Å². The fourth-order valence-electron chi connectivity index (χ4n) is 2.64. The summed E-state index contributed by atoms with van der Waals surface area (Å²) in [6.45, 7) is 0.794. The Morgan fingerprint density at radius 1 is 1.48 bits per heavy atom. The third-order valence-corrected chi connectivity index (χ3v) is 4.95. The zero-order valence-corrected chi connectivity index (χ0v) is 13.6. The summed E-state index contributed by atoms with van der Waals surface area (Å²) >= 11 is 7.26. The molecule has 1 aliphatic carbocycles. The van der Waals surface area contributed by atoms with Crippen molar-refractivity contribution in [3.63, 3.8) is 0 Å². The molecule has 1 aromatic carbocycles. The molecule has 23 heavy (non-hydrogen) atoms. The molecule has 7 heteroatoms. The molecule has 0 saturated heterocycles. The first-order chi connectivity index (χ1) is 11.1. The molecule has 118 valence electrons. The molecule has 2 aromatic heterocycles. The predicted octanol–water partition coefficient (Wildman–Crippen LogP) is 4.55. The van der Waals surface area contributed by atoms with E-state index >= 15 is 0 Å². The van der Waals surface area contributed by atoms with Gasteiger partial charge in [0.15, 0.2) is 5.13 Å². The SMILES string of the molecule is O=C(Nc1nccs1)c1cn(CC2CC2)c2cc(F)c(Cl)cc12. The second kappa shape index (κ2) is 5.62. The number of nitrogens with one attached hydrogen (secondary N) is 1. The lowest BCUT2D eigenvalue weighted by molar-refractivity contribution is 0.102. The highest BCUT2D eigenvalue weighted by Crippen LogP contribution is 2.34. The maximum Gasteiger partial charge on any atom is 0.259 e. The normalized spacial score (nSPS) is 14.3. The number of thiazole rings is 1. The van der Waals surface area contributed by atoms with Crippen LogP contribution >= 0.6 is 22.9 Å². The smallest absolute Gasteiger partial charge is 0.259 e. The average molecular weight is 350 g/mol. The quantitative estimate of drug-likeness (QED) is 0.751. The van der Waals surface area contributed by atoms with Gasteiger partial charge in [0.2, 0.25) is 0 Å². The largest absolute Gasteiger partial charge is 0.346 e. The molecule has 1 saturated carbocycles. The summed E-state index contributed by atoms with van der Waals surface area (Å²) in [5.74, 6) is -0.123. The maximum absolute atomic E-state index is 13.8. The van der Waals surface area contributed by atoms with Crippen molar-refractivity contribution in [2.24, 2.45) is 5.92 Å². The molecule has 1 amide bonds. The minimum absolute atomic E-state index is 0.0185. The van der Waals surface area contributed by atoms with Crippen molar-refractivity contribution in [1.29, 1.82) is 0 Å². The standard InChI is InChI=1S/C16H13ClFN3OS/c17-12-5-10-11(15(22)20-16-19-3-4-23-16)8-21(7-9-1-2-9)14(10)6-13(12)18/h3-6,8-9H,1-2,7H2,(H,19,20,22). The van der Waals surface area contributed by atoms with E-state index in [0.29, 0.717) is 27.5 Å². The highest BCUT2D eigenvalue weighted by molar-refractivity contribution is 7.13. The van der Waals surface area contributed by atoms with E-state index in [9.17, 15) is 9.18 Å². The van der Waals surface area contributed by atoms with E-state index < -0.39 is 5.82 Å². The van der Waals surface area contributed by atoms with Gasteiger partial charge in [-0.15, -0.1) is 11.3 Å². The van der Waals surface area contributed by atoms with Crippen molar-refractivity contribution < 1.29 is 9.18 Å². The van der Waals surface area contributed by atoms with Gasteiger partial charge in [0.1, 0.15) is 5.82 Å². The Balaban J connectivity index is 1.78. The Hall–Kier alpha value is -1.92. The Morgan fingerprint density at radius 3 is 3.00 bits per heavy atom. The fraction of sp³-hybridized carbons (Fsp3) is 0.250. The Morgan fingerprint density at radius 2 is 2.30 bits per heavy atom. The van der Waals surface area contributed by atoms with E-state index in [-0.39, 0.29) is 10.9 Å². The highest BCUT2D eigenvalue weighted by atomic mass is 35.5. The lowest BCUT2D eigenvalue weighted by atomic mass is 10.1. The predicted molar refractivity (Wildman–Crippen MR) is 89.7 cm³/mol. The monoisotopic (exact) mass is 349 g/mol. The third kappa shape index (κ3) is 2.84. The van der Waals surface area contributed by atoms with E-state index in [0.717, 1.165) is 6.54 Å². The first-order valence-electron chi connectivity index (χ1n) is 7.30. The van der Waals surface area contributed by atoms with Crippen LogP contribution in [0.4, 0.5) is 9.52 Å². The summed E-state index contributed by atoms with van der Waals surface area (Å²) < 4.78 is 15.8. The van der Waals surface area contributed by atoms with E-state index in [2.05, 4.69) is 10.3 Å². The Labute approximate surface area is 140 Å². The van der Waals surface area contributed by atoms with Crippen molar-refractivity contribution in [3.05, 3.63) is 46.3 Å².